The third kappa shape index (κ3) is 9.52. The number of carboxylic acids is 2. The molecule has 0 aliphatic rings. The number of amides is 1. The Morgan fingerprint density at radius 2 is 1.68 bits per heavy atom. The molecule has 0 saturated carbocycles. The minimum Gasteiger partial charge on any atom is -0.497 e. The van der Waals surface area contributed by atoms with Crippen molar-refractivity contribution in [2.24, 2.45) is 0 Å². The summed E-state index contributed by atoms with van der Waals surface area (Å²) < 4.78 is 5.14. The van der Waals surface area contributed by atoms with Crippen LogP contribution in [-0.4, -0.2) is 55.3 Å². The number of nitrogen functional groups attached to an aromatic ring is 1. The Balaban J connectivity index is 0.000000530. The van der Waals surface area contributed by atoms with Gasteiger partial charge in [0.25, 0.3) is 17.8 Å². The summed E-state index contributed by atoms with van der Waals surface area (Å²) in [4.78, 5) is 38.6. The van der Waals surface area contributed by atoms with Crippen molar-refractivity contribution >= 4 is 46.2 Å². The fourth-order valence-electron chi connectivity index (χ4n) is 2.87. The number of ether oxygens (including phenoxy) is 1. The predicted molar refractivity (Wildman–Crippen MR) is 137 cm³/mol. The SMILES string of the molecule is CC(=O)O.CC(=O)O.COc1ccc(CNC(=O)c2n[nH]c3ccc(Nc4ccnc(N)n4)cc23)cc1. The molecule has 0 bridgehead atoms. The van der Waals surface area contributed by atoms with Crippen molar-refractivity contribution in [3.05, 3.63) is 66.0 Å². The summed E-state index contributed by atoms with van der Waals surface area (Å²) in [5.74, 6) is -0.428. The molecule has 4 aromatic rings. The van der Waals surface area contributed by atoms with E-state index >= 15 is 0 Å². The number of benzene rings is 2. The maximum Gasteiger partial charge on any atom is 0.300 e. The molecule has 0 fully saturated rings. The number of rotatable bonds is 6. The topological polar surface area (TPSA) is 205 Å². The molecule has 0 aliphatic heterocycles. The van der Waals surface area contributed by atoms with Crippen LogP contribution in [0.15, 0.2) is 54.7 Å². The third-order valence-electron chi connectivity index (χ3n) is 4.34. The van der Waals surface area contributed by atoms with Gasteiger partial charge in [0.1, 0.15) is 11.6 Å². The van der Waals surface area contributed by atoms with Gasteiger partial charge in [-0.1, -0.05) is 12.1 Å². The molecule has 194 valence electrons. The highest BCUT2D eigenvalue weighted by Crippen LogP contribution is 2.23. The van der Waals surface area contributed by atoms with E-state index in [9.17, 15) is 4.79 Å². The minimum absolute atomic E-state index is 0.179. The molecule has 7 N–H and O–H groups in total. The highest BCUT2D eigenvalue weighted by atomic mass is 16.5. The Bertz CT molecular complexity index is 1340. The fraction of sp³-hybridized carbons (Fsp3) is 0.167. The summed E-state index contributed by atoms with van der Waals surface area (Å²) in [5.41, 5.74) is 8.40. The molecular weight excluding hydrogens is 482 g/mol. The third-order valence-corrected chi connectivity index (χ3v) is 4.34. The molecule has 13 heteroatoms. The smallest absolute Gasteiger partial charge is 0.300 e. The Labute approximate surface area is 211 Å². The molecule has 0 spiro atoms. The van der Waals surface area contributed by atoms with E-state index in [1.54, 1.807) is 19.4 Å². The van der Waals surface area contributed by atoms with Gasteiger partial charge in [-0.25, -0.2) is 4.98 Å². The highest BCUT2D eigenvalue weighted by Gasteiger charge is 2.14. The number of aromatic nitrogens is 4. The van der Waals surface area contributed by atoms with E-state index in [1.165, 1.54) is 0 Å². The van der Waals surface area contributed by atoms with E-state index in [-0.39, 0.29) is 11.9 Å². The average molecular weight is 510 g/mol. The van der Waals surface area contributed by atoms with Gasteiger partial charge in [0.05, 0.1) is 12.6 Å². The molecule has 0 unspecified atom stereocenters. The van der Waals surface area contributed by atoms with Gasteiger partial charge in [0.15, 0.2) is 5.69 Å². The van der Waals surface area contributed by atoms with Crippen LogP contribution in [0.4, 0.5) is 17.5 Å². The molecule has 0 atom stereocenters. The van der Waals surface area contributed by atoms with Crippen LogP contribution in [0.1, 0.15) is 29.9 Å². The van der Waals surface area contributed by atoms with Crippen LogP contribution in [0.3, 0.4) is 0 Å². The molecule has 0 radical (unpaired) electrons. The highest BCUT2D eigenvalue weighted by molar-refractivity contribution is 6.05. The van der Waals surface area contributed by atoms with Crippen molar-refractivity contribution < 1.29 is 29.3 Å². The van der Waals surface area contributed by atoms with Gasteiger partial charge in [-0.05, 0) is 42.0 Å². The lowest BCUT2D eigenvalue weighted by molar-refractivity contribution is -0.135. The summed E-state index contributed by atoms with van der Waals surface area (Å²) in [6, 6.07) is 14.7. The standard InChI is InChI=1S/C20H19N7O2.2C2H4O2/c1-29-14-5-2-12(3-6-14)11-23-19(28)18-15-10-13(4-7-16(15)26-27-18)24-17-8-9-22-20(21)25-17;2*1-2(3)4/h2-10H,11H2,1H3,(H,23,28)(H,26,27)(H3,21,22,24,25);2*1H3,(H,3,4). The number of nitrogens with one attached hydrogen (secondary N) is 3. The zero-order valence-electron chi connectivity index (χ0n) is 20.3. The zero-order chi connectivity index (χ0) is 27.4. The Morgan fingerprint density at radius 3 is 2.27 bits per heavy atom. The fourth-order valence-corrected chi connectivity index (χ4v) is 2.87. The van der Waals surface area contributed by atoms with Crippen molar-refractivity contribution in [2.75, 3.05) is 18.2 Å². The number of carboxylic acid groups (broad SMARTS) is 2. The van der Waals surface area contributed by atoms with Crippen LogP contribution in [0.2, 0.25) is 0 Å². The molecule has 37 heavy (non-hydrogen) atoms. The predicted octanol–water partition coefficient (Wildman–Crippen LogP) is 2.80. The van der Waals surface area contributed by atoms with Crippen molar-refractivity contribution in [1.82, 2.24) is 25.5 Å². The second-order valence-electron chi connectivity index (χ2n) is 7.33. The van der Waals surface area contributed by atoms with Crippen molar-refractivity contribution in [2.45, 2.75) is 20.4 Å². The van der Waals surface area contributed by atoms with E-state index in [0.29, 0.717) is 23.4 Å². The van der Waals surface area contributed by atoms with E-state index in [1.807, 2.05) is 42.5 Å². The van der Waals surface area contributed by atoms with E-state index in [2.05, 4.69) is 30.8 Å². The first-order valence-corrected chi connectivity index (χ1v) is 10.7. The number of hydrogen-bond acceptors (Lipinski definition) is 9. The van der Waals surface area contributed by atoms with E-state index in [0.717, 1.165) is 36.4 Å². The number of fused-ring (bicyclic) bond motifs is 1. The van der Waals surface area contributed by atoms with E-state index < -0.39 is 11.9 Å². The van der Waals surface area contributed by atoms with E-state index in [4.69, 9.17) is 30.3 Å². The van der Waals surface area contributed by atoms with Gasteiger partial charge in [0, 0.05) is 37.7 Å². The van der Waals surface area contributed by atoms with Crippen LogP contribution in [0, 0.1) is 0 Å². The van der Waals surface area contributed by atoms with Crippen molar-refractivity contribution in [3.8, 4) is 5.75 Å². The lowest BCUT2D eigenvalue weighted by Gasteiger charge is -2.07. The first kappa shape index (κ1) is 28.0. The van der Waals surface area contributed by atoms with Gasteiger partial charge in [0.2, 0.25) is 5.95 Å². The molecule has 0 aliphatic carbocycles. The van der Waals surface area contributed by atoms with Crippen LogP contribution in [0.25, 0.3) is 10.9 Å². The van der Waals surface area contributed by atoms with Crippen LogP contribution < -0.4 is 21.1 Å². The largest absolute Gasteiger partial charge is 0.497 e. The van der Waals surface area contributed by atoms with Crippen molar-refractivity contribution in [3.63, 3.8) is 0 Å². The molecule has 0 saturated heterocycles. The second-order valence-corrected chi connectivity index (χ2v) is 7.33. The lowest BCUT2D eigenvalue weighted by Crippen LogP contribution is -2.23. The quantitative estimate of drug-likeness (QED) is 0.223. The first-order valence-electron chi connectivity index (χ1n) is 10.7. The van der Waals surface area contributed by atoms with Crippen LogP contribution in [-0.2, 0) is 16.1 Å². The molecule has 2 heterocycles. The lowest BCUT2D eigenvalue weighted by atomic mass is 10.1. The van der Waals surface area contributed by atoms with Crippen LogP contribution in [0.5, 0.6) is 5.75 Å². The Kier molecular flexibility index (Phi) is 10.3. The van der Waals surface area contributed by atoms with Gasteiger partial charge in [-0.2, -0.15) is 10.1 Å². The molecule has 2 aromatic carbocycles. The summed E-state index contributed by atoms with van der Waals surface area (Å²) in [6.45, 7) is 2.55. The monoisotopic (exact) mass is 509 g/mol. The first-order chi connectivity index (χ1) is 17.6. The maximum atomic E-state index is 12.7. The number of nitrogens with two attached hydrogens (primary N) is 1. The van der Waals surface area contributed by atoms with Crippen molar-refractivity contribution in [1.29, 1.82) is 0 Å². The van der Waals surface area contributed by atoms with Gasteiger partial charge in [-0.15, -0.1) is 0 Å². The number of H-pyrrole nitrogens is 1. The number of carbonyl (C=O) groups is 3. The second kappa shape index (κ2) is 13.6. The number of aliphatic carboxylic acids is 2. The maximum absolute atomic E-state index is 12.7. The number of nitrogens with zero attached hydrogens (tertiary/aromatic N) is 3. The van der Waals surface area contributed by atoms with Gasteiger partial charge < -0.3 is 31.3 Å². The number of anilines is 3. The number of hydrogen-bond donors (Lipinski definition) is 6. The molecule has 13 nitrogen and oxygen atoms in total. The van der Waals surface area contributed by atoms with Gasteiger partial charge in [-0.3, -0.25) is 19.5 Å². The summed E-state index contributed by atoms with van der Waals surface area (Å²) >= 11 is 0. The molecule has 1 amide bonds. The Hall–Kier alpha value is -5.20. The molecule has 4 rings (SSSR count). The normalized spacial score (nSPS) is 9.70. The average Bonchev–Trinajstić information content (AvgIpc) is 3.26. The summed E-state index contributed by atoms with van der Waals surface area (Å²) in [6.07, 6.45) is 1.57. The molecule has 2 aromatic heterocycles. The van der Waals surface area contributed by atoms with Gasteiger partial charge >= 0.3 is 0 Å². The summed E-state index contributed by atoms with van der Waals surface area (Å²) in [7, 11) is 1.61. The number of methoxy groups -OCH3 is 1. The minimum atomic E-state index is -0.833. The number of carbonyl (C=O) groups excluding carboxylic acids is 1. The zero-order valence-corrected chi connectivity index (χ0v) is 20.3. The Morgan fingerprint density at radius 1 is 1.03 bits per heavy atom. The van der Waals surface area contributed by atoms with Crippen LogP contribution >= 0.6 is 0 Å². The number of aromatic amines is 1. The summed E-state index contributed by atoms with van der Waals surface area (Å²) in [5, 5.41) is 28.6. The molecular formula is C24H27N7O6.